The Balaban J connectivity index is 1.67. The third kappa shape index (κ3) is 4.77. The van der Waals surface area contributed by atoms with Crippen molar-refractivity contribution in [3.8, 4) is 0 Å². The largest absolute Gasteiger partial charge is 0.313 e. The minimum atomic E-state index is -0.331. The Kier molecular flexibility index (Phi) is 5.65. The smallest absolute Gasteiger partial charge is 0.142 e. The van der Waals surface area contributed by atoms with E-state index in [0.29, 0.717) is 0 Å². The molecule has 3 heteroatoms. The molecule has 0 bridgehead atoms. The van der Waals surface area contributed by atoms with Gasteiger partial charge in [-0.1, -0.05) is 43.9 Å². The summed E-state index contributed by atoms with van der Waals surface area (Å²) in [5.41, 5.74) is 0.957. The van der Waals surface area contributed by atoms with E-state index in [0.717, 1.165) is 30.5 Å². The van der Waals surface area contributed by atoms with E-state index in [4.69, 9.17) is 11.6 Å². The van der Waals surface area contributed by atoms with Gasteiger partial charge in [-0.05, 0) is 48.9 Å². The predicted octanol–water partition coefficient (Wildman–Crippen LogP) is 4.79. The van der Waals surface area contributed by atoms with E-state index in [1.807, 2.05) is 6.07 Å². The van der Waals surface area contributed by atoms with Crippen molar-refractivity contribution in [2.45, 2.75) is 45.6 Å². The second-order valence-corrected chi connectivity index (χ2v) is 6.26. The SMILES string of the molecule is CC1CCCC(CCNCc2ccc(Cl)c(F)c2)C1. The number of hydrogen-bond donors (Lipinski definition) is 1. The van der Waals surface area contributed by atoms with Crippen molar-refractivity contribution in [1.82, 2.24) is 5.32 Å². The first-order chi connectivity index (χ1) is 9.15. The zero-order valence-corrected chi connectivity index (χ0v) is 12.3. The van der Waals surface area contributed by atoms with Gasteiger partial charge >= 0.3 is 0 Å². The van der Waals surface area contributed by atoms with Gasteiger partial charge in [0.15, 0.2) is 0 Å². The first-order valence-corrected chi connectivity index (χ1v) is 7.67. The van der Waals surface area contributed by atoms with Crippen LogP contribution in [0.3, 0.4) is 0 Å². The molecule has 1 nitrogen and oxygen atoms in total. The maximum Gasteiger partial charge on any atom is 0.142 e. The van der Waals surface area contributed by atoms with Gasteiger partial charge in [-0.25, -0.2) is 4.39 Å². The van der Waals surface area contributed by atoms with E-state index in [9.17, 15) is 4.39 Å². The topological polar surface area (TPSA) is 12.0 Å². The molecule has 0 spiro atoms. The molecule has 0 aromatic heterocycles. The fourth-order valence-electron chi connectivity index (χ4n) is 3.01. The number of rotatable bonds is 5. The molecule has 1 aliphatic carbocycles. The van der Waals surface area contributed by atoms with Crippen LogP contribution in [0.1, 0.15) is 44.6 Å². The van der Waals surface area contributed by atoms with Crippen LogP contribution in [0.2, 0.25) is 5.02 Å². The lowest BCUT2D eigenvalue weighted by atomic mass is 9.81. The van der Waals surface area contributed by atoms with Crippen LogP contribution in [0.25, 0.3) is 0 Å². The number of nitrogens with one attached hydrogen (secondary N) is 1. The maximum atomic E-state index is 13.3. The van der Waals surface area contributed by atoms with Gasteiger partial charge in [-0.2, -0.15) is 0 Å². The second-order valence-electron chi connectivity index (χ2n) is 5.85. The summed E-state index contributed by atoms with van der Waals surface area (Å²) in [6, 6.07) is 5.01. The van der Waals surface area contributed by atoms with Crippen molar-refractivity contribution in [3.63, 3.8) is 0 Å². The quantitative estimate of drug-likeness (QED) is 0.767. The van der Waals surface area contributed by atoms with Crippen molar-refractivity contribution in [1.29, 1.82) is 0 Å². The summed E-state index contributed by atoms with van der Waals surface area (Å²) in [6.45, 7) is 4.09. The fourth-order valence-corrected chi connectivity index (χ4v) is 3.13. The minimum Gasteiger partial charge on any atom is -0.313 e. The maximum absolute atomic E-state index is 13.3. The summed E-state index contributed by atoms with van der Waals surface area (Å²) in [5, 5.41) is 3.60. The molecule has 19 heavy (non-hydrogen) atoms. The van der Waals surface area contributed by atoms with Gasteiger partial charge in [0.1, 0.15) is 5.82 Å². The molecule has 1 aliphatic rings. The van der Waals surface area contributed by atoms with Crippen LogP contribution in [0.5, 0.6) is 0 Å². The molecule has 0 radical (unpaired) electrons. The highest BCUT2D eigenvalue weighted by Crippen LogP contribution is 2.30. The van der Waals surface area contributed by atoms with E-state index in [1.54, 1.807) is 6.07 Å². The van der Waals surface area contributed by atoms with Crippen molar-refractivity contribution >= 4 is 11.6 Å². The average Bonchev–Trinajstić information content (AvgIpc) is 2.39. The van der Waals surface area contributed by atoms with E-state index >= 15 is 0 Å². The van der Waals surface area contributed by atoms with Crippen LogP contribution in [0, 0.1) is 17.7 Å². The number of hydrogen-bond acceptors (Lipinski definition) is 1. The van der Waals surface area contributed by atoms with Crippen LogP contribution in [0.15, 0.2) is 18.2 Å². The van der Waals surface area contributed by atoms with E-state index in [-0.39, 0.29) is 10.8 Å². The van der Waals surface area contributed by atoms with Gasteiger partial charge in [0, 0.05) is 6.54 Å². The number of benzene rings is 1. The standard InChI is InChI=1S/C16H23ClFN/c1-12-3-2-4-13(9-12)7-8-19-11-14-5-6-15(17)16(18)10-14/h5-6,10,12-13,19H,2-4,7-9,11H2,1H3. The summed E-state index contributed by atoms with van der Waals surface area (Å²) < 4.78 is 13.3. The summed E-state index contributed by atoms with van der Waals surface area (Å²) in [6.07, 6.45) is 6.77. The molecule has 0 amide bonds. The molecule has 1 aromatic carbocycles. The van der Waals surface area contributed by atoms with Crippen molar-refractivity contribution in [2.75, 3.05) is 6.54 Å². The Bertz CT molecular complexity index is 408. The molecule has 1 fully saturated rings. The van der Waals surface area contributed by atoms with Gasteiger partial charge in [0.05, 0.1) is 5.02 Å². The predicted molar refractivity (Wildman–Crippen MR) is 78.9 cm³/mol. The van der Waals surface area contributed by atoms with Gasteiger partial charge in [-0.15, -0.1) is 0 Å². The normalized spacial score (nSPS) is 23.5. The molecule has 1 aromatic rings. The van der Waals surface area contributed by atoms with Crippen LogP contribution in [-0.2, 0) is 6.54 Å². The second kappa shape index (κ2) is 7.25. The van der Waals surface area contributed by atoms with Crippen LogP contribution in [-0.4, -0.2) is 6.54 Å². The van der Waals surface area contributed by atoms with Crippen molar-refractivity contribution in [2.24, 2.45) is 11.8 Å². The van der Waals surface area contributed by atoms with Gasteiger partial charge in [0.2, 0.25) is 0 Å². The van der Waals surface area contributed by atoms with Gasteiger partial charge in [0.25, 0.3) is 0 Å². The summed E-state index contributed by atoms with van der Waals surface area (Å²) in [5.74, 6) is 1.43. The van der Waals surface area contributed by atoms with E-state index < -0.39 is 0 Å². The lowest BCUT2D eigenvalue weighted by Gasteiger charge is -2.26. The van der Waals surface area contributed by atoms with E-state index in [2.05, 4.69) is 12.2 Å². The van der Waals surface area contributed by atoms with Gasteiger partial charge < -0.3 is 5.32 Å². The van der Waals surface area contributed by atoms with Gasteiger partial charge in [-0.3, -0.25) is 0 Å². The van der Waals surface area contributed by atoms with E-state index in [1.165, 1.54) is 38.2 Å². The highest BCUT2D eigenvalue weighted by Gasteiger charge is 2.18. The third-order valence-corrected chi connectivity index (χ3v) is 4.39. The molecule has 0 saturated heterocycles. The Hall–Kier alpha value is -0.600. The summed E-state index contributed by atoms with van der Waals surface area (Å²) in [4.78, 5) is 0. The molecule has 106 valence electrons. The molecule has 0 heterocycles. The first-order valence-electron chi connectivity index (χ1n) is 7.30. The monoisotopic (exact) mass is 283 g/mol. The molecule has 0 aliphatic heterocycles. The zero-order chi connectivity index (χ0) is 13.7. The molecule has 2 rings (SSSR count). The Labute approximate surface area is 120 Å². The van der Waals surface area contributed by atoms with Crippen LogP contribution in [0.4, 0.5) is 4.39 Å². The van der Waals surface area contributed by atoms with Crippen molar-refractivity contribution < 1.29 is 4.39 Å². The molecule has 1 saturated carbocycles. The van der Waals surface area contributed by atoms with Crippen molar-refractivity contribution in [3.05, 3.63) is 34.6 Å². The summed E-state index contributed by atoms with van der Waals surface area (Å²) in [7, 11) is 0. The molecular formula is C16H23ClFN. The summed E-state index contributed by atoms with van der Waals surface area (Å²) >= 11 is 5.66. The Morgan fingerprint density at radius 1 is 1.37 bits per heavy atom. The molecule has 1 N–H and O–H groups in total. The van der Waals surface area contributed by atoms with Crippen LogP contribution < -0.4 is 5.32 Å². The minimum absolute atomic E-state index is 0.194. The lowest BCUT2D eigenvalue weighted by molar-refractivity contribution is 0.267. The number of halogens is 2. The molecule has 2 atom stereocenters. The zero-order valence-electron chi connectivity index (χ0n) is 11.6. The highest BCUT2D eigenvalue weighted by atomic mass is 35.5. The Morgan fingerprint density at radius 3 is 2.95 bits per heavy atom. The first kappa shape index (κ1) is 14.8. The average molecular weight is 284 g/mol. The third-order valence-electron chi connectivity index (χ3n) is 4.09. The van der Waals surface area contributed by atoms with Crippen LogP contribution >= 0.6 is 11.6 Å². The molecule has 2 unspecified atom stereocenters. The highest BCUT2D eigenvalue weighted by molar-refractivity contribution is 6.30. The molecular weight excluding hydrogens is 261 g/mol. The Morgan fingerprint density at radius 2 is 2.21 bits per heavy atom. The lowest BCUT2D eigenvalue weighted by Crippen LogP contribution is -2.21. The fraction of sp³-hybridized carbons (Fsp3) is 0.625.